The molecular weight excluding hydrogens is 542 g/mol. The number of anilines is 1. The second kappa shape index (κ2) is 11.8. The second-order valence-corrected chi connectivity index (χ2v) is 11.7. The van der Waals surface area contributed by atoms with Gasteiger partial charge in [-0.05, 0) is 43.3 Å². The minimum absolute atomic E-state index is 0.0990. The van der Waals surface area contributed by atoms with Crippen LogP contribution in [0.15, 0.2) is 77.8 Å². The molecule has 2 amide bonds. The molecule has 0 spiro atoms. The summed E-state index contributed by atoms with van der Waals surface area (Å²) in [4.78, 5) is 35.7. The molecule has 3 aromatic carbocycles. The number of aromatic hydroxyl groups is 1. The number of sulfonamides is 1. The van der Waals surface area contributed by atoms with Gasteiger partial charge in [-0.1, -0.05) is 36.4 Å². The predicted molar refractivity (Wildman–Crippen MR) is 162 cm³/mol. The third kappa shape index (κ3) is 6.41. The van der Waals surface area contributed by atoms with Crippen molar-refractivity contribution < 1.29 is 23.1 Å². The largest absolute Gasteiger partial charge is 0.494 e. The first kappa shape index (κ1) is 29.3. The summed E-state index contributed by atoms with van der Waals surface area (Å²) in [6.45, 7) is 2.13. The van der Waals surface area contributed by atoms with Crippen LogP contribution >= 0.6 is 0 Å². The number of aliphatic imine (C=N–C) groups is 1. The van der Waals surface area contributed by atoms with E-state index in [4.69, 9.17) is 4.99 Å². The average molecular weight is 576 g/mol. The van der Waals surface area contributed by atoms with Gasteiger partial charge < -0.3 is 19.9 Å². The number of fused-ring (bicyclic) bond motifs is 1. The van der Waals surface area contributed by atoms with Gasteiger partial charge in [0.1, 0.15) is 6.54 Å². The Hall–Kier alpha value is -4.64. The average Bonchev–Trinajstić information content (AvgIpc) is 3.28. The first-order chi connectivity index (χ1) is 19.4. The van der Waals surface area contributed by atoms with Crippen LogP contribution in [-0.2, 0) is 14.8 Å². The molecule has 0 aliphatic heterocycles. The van der Waals surface area contributed by atoms with Gasteiger partial charge in [-0.15, -0.1) is 0 Å². The number of hydrogen-bond acceptors (Lipinski definition) is 6. The lowest BCUT2D eigenvalue weighted by Crippen LogP contribution is -2.39. The second-order valence-electron chi connectivity index (χ2n) is 9.83. The quantitative estimate of drug-likeness (QED) is 0.292. The molecule has 0 aliphatic carbocycles. The van der Waals surface area contributed by atoms with Crippen LogP contribution in [0.1, 0.15) is 28.4 Å². The van der Waals surface area contributed by atoms with Crippen molar-refractivity contribution in [2.24, 2.45) is 4.99 Å². The van der Waals surface area contributed by atoms with E-state index in [-0.39, 0.29) is 24.2 Å². The molecule has 214 valence electrons. The smallest absolute Gasteiger partial charge is 0.253 e. The van der Waals surface area contributed by atoms with Crippen LogP contribution in [-0.4, -0.2) is 86.3 Å². The highest BCUT2D eigenvalue weighted by atomic mass is 32.2. The molecular formula is C30H33N5O5S. The van der Waals surface area contributed by atoms with Crippen molar-refractivity contribution in [1.29, 1.82) is 0 Å². The molecule has 4 rings (SSSR count). The van der Waals surface area contributed by atoms with Crippen molar-refractivity contribution in [2.75, 3.05) is 44.8 Å². The van der Waals surface area contributed by atoms with Gasteiger partial charge in [0.15, 0.2) is 5.88 Å². The molecule has 0 radical (unpaired) electrons. The Labute approximate surface area is 239 Å². The molecule has 4 aromatic rings. The topological polar surface area (TPSA) is 126 Å². The van der Waals surface area contributed by atoms with E-state index in [1.807, 2.05) is 37.3 Å². The molecule has 41 heavy (non-hydrogen) atoms. The zero-order valence-corrected chi connectivity index (χ0v) is 24.4. The fourth-order valence-electron chi connectivity index (χ4n) is 4.27. The first-order valence-corrected chi connectivity index (χ1v) is 14.8. The Morgan fingerprint density at radius 3 is 2.17 bits per heavy atom. The minimum Gasteiger partial charge on any atom is -0.494 e. The van der Waals surface area contributed by atoms with Gasteiger partial charge in [-0.3, -0.25) is 13.9 Å². The highest BCUT2D eigenvalue weighted by molar-refractivity contribution is 7.92. The van der Waals surface area contributed by atoms with E-state index in [2.05, 4.69) is 4.98 Å². The maximum atomic E-state index is 12.7. The standard InChI is InChI=1S/C30H33N5O5S/c1-6-34(4)30(38)21-12-17-24-25(18-21)32-29(37)27(24)28(20-10-8-7-9-11-20)31-22-13-15-23(16-14-22)35(41(5,39)40)19-26(36)33(2)3/h7-18,32,37H,6,19H2,1-5H3. The van der Waals surface area contributed by atoms with E-state index < -0.39 is 10.0 Å². The number of aromatic nitrogens is 1. The fourth-order valence-corrected chi connectivity index (χ4v) is 5.12. The lowest BCUT2D eigenvalue weighted by Gasteiger charge is -2.23. The molecule has 10 nitrogen and oxygen atoms in total. The molecule has 0 bridgehead atoms. The van der Waals surface area contributed by atoms with Crippen LogP contribution in [0.3, 0.4) is 0 Å². The minimum atomic E-state index is -3.72. The number of hydrogen-bond donors (Lipinski definition) is 2. The number of aromatic amines is 1. The van der Waals surface area contributed by atoms with Crippen LogP contribution in [0.4, 0.5) is 11.4 Å². The summed E-state index contributed by atoms with van der Waals surface area (Å²) in [5.41, 5.74) is 3.60. The Morgan fingerprint density at radius 1 is 0.927 bits per heavy atom. The number of rotatable bonds is 9. The maximum absolute atomic E-state index is 12.7. The monoisotopic (exact) mass is 575 g/mol. The van der Waals surface area contributed by atoms with Gasteiger partial charge in [0.2, 0.25) is 15.9 Å². The number of carbonyl (C=O) groups excluding carboxylic acids is 2. The predicted octanol–water partition coefficient (Wildman–Crippen LogP) is 3.99. The first-order valence-electron chi connectivity index (χ1n) is 12.9. The number of nitrogens with zero attached hydrogens (tertiary/aromatic N) is 4. The number of amides is 2. The molecule has 2 N–H and O–H groups in total. The zero-order chi connectivity index (χ0) is 29.9. The van der Waals surface area contributed by atoms with E-state index in [0.29, 0.717) is 45.7 Å². The molecule has 1 heterocycles. The van der Waals surface area contributed by atoms with E-state index in [1.54, 1.807) is 68.5 Å². The molecule has 0 unspecified atom stereocenters. The van der Waals surface area contributed by atoms with Gasteiger partial charge in [0.25, 0.3) is 5.91 Å². The van der Waals surface area contributed by atoms with Gasteiger partial charge in [0, 0.05) is 49.7 Å². The summed E-state index contributed by atoms with van der Waals surface area (Å²) >= 11 is 0. The Morgan fingerprint density at radius 2 is 1.59 bits per heavy atom. The van der Waals surface area contributed by atoms with Gasteiger partial charge in [-0.25, -0.2) is 13.4 Å². The number of benzene rings is 3. The maximum Gasteiger partial charge on any atom is 0.253 e. The molecule has 11 heteroatoms. The van der Waals surface area contributed by atoms with Crippen molar-refractivity contribution in [3.63, 3.8) is 0 Å². The van der Waals surface area contributed by atoms with Crippen molar-refractivity contribution in [1.82, 2.24) is 14.8 Å². The zero-order valence-electron chi connectivity index (χ0n) is 23.6. The lowest BCUT2D eigenvalue weighted by molar-refractivity contribution is -0.127. The summed E-state index contributed by atoms with van der Waals surface area (Å²) in [6.07, 6.45) is 1.05. The third-order valence-corrected chi connectivity index (χ3v) is 7.83. The highest BCUT2D eigenvalue weighted by Crippen LogP contribution is 2.33. The Balaban J connectivity index is 1.80. The van der Waals surface area contributed by atoms with Crippen molar-refractivity contribution >= 4 is 49.8 Å². The molecule has 0 fully saturated rings. The highest BCUT2D eigenvalue weighted by Gasteiger charge is 2.23. The third-order valence-electron chi connectivity index (χ3n) is 6.69. The van der Waals surface area contributed by atoms with E-state index in [9.17, 15) is 23.1 Å². The Bertz CT molecular complexity index is 1710. The van der Waals surface area contributed by atoms with Crippen LogP contribution in [0.25, 0.3) is 10.9 Å². The molecule has 0 saturated heterocycles. The van der Waals surface area contributed by atoms with Crippen LogP contribution < -0.4 is 4.31 Å². The van der Waals surface area contributed by atoms with E-state index in [0.717, 1.165) is 16.1 Å². The molecule has 0 atom stereocenters. The van der Waals surface area contributed by atoms with E-state index in [1.165, 1.54) is 4.90 Å². The van der Waals surface area contributed by atoms with Gasteiger partial charge >= 0.3 is 0 Å². The summed E-state index contributed by atoms with van der Waals surface area (Å²) in [7, 11) is 1.13. The lowest BCUT2D eigenvalue weighted by atomic mass is 10.00. The van der Waals surface area contributed by atoms with Crippen LogP contribution in [0.5, 0.6) is 5.88 Å². The number of carbonyl (C=O) groups is 2. The van der Waals surface area contributed by atoms with Crippen LogP contribution in [0, 0.1) is 0 Å². The Kier molecular flexibility index (Phi) is 8.48. The fraction of sp³-hybridized carbons (Fsp3) is 0.233. The van der Waals surface area contributed by atoms with Crippen molar-refractivity contribution in [3.05, 3.63) is 89.5 Å². The molecule has 0 saturated carbocycles. The van der Waals surface area contributed by atoms with Crippen molar-refractivity contribution in [2.45, 2.75) is 6.92 Å². The molecule has 0 aliphatic rings. The summed E-state index contributed by atoms with van der Waals surface area (Å²) in [6, 6.07) is 21.0. The van der Waals surface area contributed by atoms with Gasteiger partial charge in [0.05, 0.1) is 28.9 Å². The summed E-state index contributed by atoms with van der Waals surface area (Å²) in [5, 5.41) is 11.7. The normalized spacial score (nSPS) is 11.9. The van der Waals surface area contributed by atoms with Crippen LogP contribution in [0.2, 0.25) is 0 Å². The molecule has 1 aromatic heterocycles. The number of nitrogens with one attached hydrogen (secondary N) is 1. The number of likely N-dealkylation sites (N-methyl/N-ethyl adjacent to an activating group) is 1. The summed E-state index contributed by atoms with van der Waals surface area (Å²) in [5.74, 6) is -0.583. The SMILES string of the molecule is CCN(C)C(=O)c1ccc2c(C(=Nc3ccc(N(CC(=O)N(C)C)S(C)(=O)=O)cc3)c3ccccc3)c(O)[nH]c2c1. The van der Waals surface area contributed by atoms with E-state index >= 15 is 0 Å². The summed E-state index contributed by atoms with van der Waals surface area (Å²) < 4.78 is 25.9. The van der Waals surface area contributed by atoms with Crippen molar-refractivity contribution in [3.8, 4) is 5.88 Å². The van der Waals surface area contributed by atoms with Gasteiger partial charge in [-0.2, -0.15) is 0 Å². The number of H-pyrrole nitrogens is 1.